The molecule has 1 saturated heterocycles. The van der Waals surface area contributed by atoms with Crippen molar-refractivity contribution in [2.45, 2.75) is 38.7 Å². The fourth-order valence-electron chi connectivity index (χ4n) is 2.40. The van der Waals surface area contributed by atoms with Gasteiger partial charge in [-0.2, -0.15) is 0 Å². The van der Waals surface area contributed by atoms with E-state index >= 15 is 0 Å². The zero-order chi connectivity index (χ0) is 13.7. The molecular formula is C15H22N2O2. The summed E-state index contributed by atoms with van der Waals surface area (Å²) in [6.45, 7) is 3.67. The predicted octanol–water partition coefficient (Wildman–Crippen LogP) is 2.39. The second-order valence-electron chi connectivity index (χ2n) is 5.03. The fourth-order valence-corrected chi connectivity index (χ4v) is 2.40. The minimum Gasteiger partial charge on any atom is -0.393 e. The number of hydrogen-bond donors (Lipinski definition) is 2. The summed E-state index contributed by atoms with van der Waals surface area (Å²) in [4.78, 5) is 14.0. The molecule has 0 radical (unpaired) electrons. The number of nitrogens with zero attached hydrogens (tertiary/aromatic N) is 1. The van der Waals surface area contributed by atoms with Gasteiger partial charge in [-0.3, -0.25) is 4.79 Å². The zero-order valence-corrected chi connectivity index (χ0v) is 11.4. The maximum atomic E-state index is 11.7. The van der Waals surface area contributed by atoms with E-state index in [1.165, 1.54) is 0 Å². The van der Waals surface area contributed by atoms with Crippen LogP contribution in [-0.2, 0) is 4.79 Å². The van der Waals surface area contributed by atoms with Crippen molar-refractivity contribution in [2.24, 2.45) is 0 Å². The first-order chi connectivity index (χ1) is 9.20. The monoisotopic (exact) mass is 262 g/mol. The van der Waals surface area contributed by atoms with Gasteiger partial charge in [0.2, 0.25) is 5.91 Å². The van der Waals surface area contributed by atoms with Gasteiger partial charge in [0.25, 0.3) is 0 Å². The van der Waals surface area contributed by atoms with Gasteiger partial charge in [0.1, 0.15) is 0 Å². The number of amides is 1. The van der Waals surface area contributed by atoms with Gasteiger partial charge < -0.3 is 15.3 Å². The van der Waals surface area contributed by atoms with Crippen LogP contribution in [0.3, 0.4) is 0 Å². The Morgan fingerprint density at radius 3 is 2.74 bits per heavy atom. The first-order valence-corrected chi connectivity index (χ1v) is 7.02. The number of aliphatic hydroxyl groups excluding tert-OH is 1. The average Bonchev–Trinajstić information content (AvgIpc) is 2.41. The first kappa shape index (κ1) is 13.9. The highest BCUT2D eigenvalue weighted by Crippen LogP contribution is 2.28. The molecule has 0 atom stereocenters. The second kappa shape index (κ2) is 6.57. The van der Waals surface area contributed by atoms with Gasteiger partial charge in [-0.15, -0.1) is 0 Å². The lowest BCUT2D eigenvalue weighted by molar-refractivity contribution is -0.116. The van der Waals surface area contributed by atoms with Crippen molar-refractivity contribution in [3.05, 3.63) is 24.3 Å². The van der Waals surface area contributed by atoms with Crippen molar-refractivity contribution in [2.75, 3.05) is 23.3 Å². The van der Waals surface area contributed by atoms with E-state index in [2.05, 4.69) is 10.2 Å². The van der Waals surface area contributed by atoms with Gasteiger partial charge in [-0.1, -0.05) is 19.1 Å². The average molecular weight is 262 g/mol. The van der Waals surface area contributed by atoms with Gasteiger partial charge >= 0.3 is 0 Å². The van der Waals surface area contributed by atoms with Crippen LogP contribution in [0.4, 0.5) is 11.4 Å². The first-order valence-electron chi connectivity index (χ1n) is 7.02. The summed E-state index contributed by atoms with van der Waals surface area (Å²) in [5.74, 6) is 0.0620. The third-order valence-corrected chi connectivity index (χ3v) is 3.46. The summed E-state index contributed by atoms with van der Waals surface area (Å²) in [6, 6.07) is 7.88. The highest BCUT2D eigenvalue weighted by Gasteiger charge is 2.19. The lowest BCUT2D eigenvalue weighted by Gasteiger charge is -2.32. The molecule has 19 heavy (non-hydrogen) atoms. The largest absolute Gasteiger partial charge is 0.393 e. The molecule has 1 aliphatic heterocycles. The van der Waals surface area contributed by atoms with Crippen LogP contribution in [0.5, 0.6) is 0 Å². The van der Waals surface area contributed by atoms with E-state index in [0.717, 1.165) is 43.7 Å². The summed E-state index contributed by atoms with van der Waals surface area (Å²) in [5, 5.41) is 12.5. The summed E-state index contributed by atoms with van der Waals surface area (Å²) in [6.07, 6.45) is 2.80. The van der Waals surface area contributed by atoms with E-state index in [0.29, 0.717) is 6.42 Å². The zero-order valence-electron chi connectivity index (χ0n) is 11.4. The molecule has 2 N–H and O–H groups in total. The number of anilines is 2. The Hall–Kier alpha value is -1.55. The van der Waals surface area contributed by atoms with Crippen molar-refractivity contribution in [3.8, 4) is 0 Å². The molecule has 1 aromatic rings. The van der Waals surface area contributed by atoms with E-state index in [4.69, 9.17) is 0 Å². The third-order valence-electron chi connectivity index (χ3n) is 3.46. The van der Waals surface area contributed by atoms with Gasteiger partial charge in [0, 0.05) is 19.5 Å². The molecule has 4 nitrogen and oxygen atoms in total. The lowest BCUT2D eigenvalue weighted by Crippen LogP contribution is -2.36. The molecule has 4 heteroatoms. The molecule has 0 unspecified atom stereocenters. The minimum atomic E-state index is -0.182. The fraction of sp³-hybridized carbons (Fsp3) is 0.533. The molecule has 2 rings (SSSR count). The highest BCUT2D eigenvalue weighted by atomic mass is 16.3. The summed E-state index contributed by atoms with van der Waals surface area (Å²) in [7, 11) is 0. The number of aliphatic hydroxyl groups is 1. The molecule has 0 bridgehead atoms. The maximum Gasteiger partial charge on any atom is 0.224 e. The normalized spacial score (nSPS) is 16.4. The van der Waals surface area contributed by atoms with Gasteiger partial charge in [-0.05, 0) is 31.4 Å². The predicted molar refractivity (Wildman–Crippen MR) is 77.4 cm³/mol. The highest BCUT2D eigenvalue weighted by molar-refractivity contribution is 5.94. The van der Waals surface area contributed by atoms with Crippen LogP contribution in [0.25, 0.3) is 0 Å². The van der Waals surface area contributed by atoms with Gasteiger partial charge in [0.15, 0.2) is 0 Å². The molecule has 104 valence electrons. The lowest BCUT2D eigenvalue weighted by atomic mass is 10.1. The van der Waals surface area contributed by atoms with Crippen LogP contribution in [0.1, 0.15) is 32.6 Å². The smallest absolute Gasteiger partial charge is 0.224 e. The molecule has 1 heterocycles. The number of para-hydroxylation sites is 2. The van der Waals surface area contributed by atoms with Crippen LogP contribution in [0.2, 0.25) is 0 Å². The van der Waals surface area contributed by atoms with E-state index in [9.17, 15) is 9.90 Å². The number of carbonyl (C=O) groups is 1. The third kappa shape index (κ3) is 3.70. The molecule has 1 fully saturated rings. The molecule has 0 spiro atoms. The van der Waals surface area contributed by atoms with Crippen LogP contribution >= 0.6 is 0 Å². The Kier molecular flexibility index (Phi) is 4.80. The Morgan fingerprint density at radius 2 is 2.05 bits per heavy atom. The van der Waals surface area contributed by atoms with Crippen molar-refractivity contribution in [1.82, 2.24) is 0 Å². The van der Waals surface area contributed by atoms with Crippen LogP contribution in [0.15, 0.2) is 24.3 Å². The minimum absolute atomic E-state index is 0.0620. The standard InChI is InChI=1S/C15H22N2O2/c1-2-5-15(19)16-13-6-3-4-7-14(13)17-10-8-12(18)9-11-17/h3-4,6-7,12,18H,2,5,8-11H2,1H3,(H,16,19). The number of hydrogen-bond acceptors (Lipinski definition) is 3. The molecule has 1 aliphatic rings. The van der Waals surface area contributed by atoms with E-state index in [1.54, 1.807) is 0 Å². The quantitative estimate of drug-likeness (QED) is 0.876. The van der Waals surface area contributed by atoms with Crippen molar-refractivity contribution in [3.63, 3.8) is 0 Å². The molecule has 0 aliphatic carbocycles. The van der Waals surface area contributed by atoms with Crippen LogP contribution < -0.4 is 10.2 Å². The Balaban J connectivity index is 2.09. The van der Waals surface area contributed by atoms with Crippen molar-refractivity contribution in [1.29, 1.82) is 0 Å². The van der Waals surface area contributed by atoms with Gasteiger partial charge in [0.05, 0.1) is 17.5 Å². The summed E-state index contributed by atoms with van der Waals surface area (Å²) < 4.78 is 0. The number of nitrogens with one attached hydrogen (secondary N) is 1. The van der Waals surface area contributed by atoms with Gasteiger partial charge in [-0.25, -0.2) is 0 Å². The Labute approximate surface area is 114 Å². The summed E-state index contributed by atoms with van der Waals surface area (Å²) >= 11 is 0. The van der Waals surface area contributed by atoms with E-state index in [1.807, 2.05) is 31.2 Å². The summed E-state index contributed by atoms with van der Waals surface area (Å²) in [5.41, 5.74) is 1.93. The molecule has 0 saturated carbocycles. The molecular weight excluding hydrogens is 240 g/mol. The number of benzene rings is 1. The topological polar surface area (TPSA) is 52.6 Å². The number of carbonyl (C=O) groups excluding carboxylic acids is 1. The molecule has 1 amide bonds. The second-order valence-corrected chi connectivity index (χ2v) is 5.03. The number of piperidine rings is 1. The molecule has 1 aromatic carbocycles. The van der Waals surface area contributed by atoms with Crippen molar-refractivity contribution >= 4 is 17.3 Å². The van der Waals surface area contributed by atoms with E-state index in [-0.39, 0.29) is 12.0 Å². The number of rotatable bonds is 4. The SMILES string of the molecule is CCCC(=O)Nc1ccccc1N1CCC(O)CC1. The Bertz CT molecular complexity index is 426. The Morgan fingerprint density at radius 1 is 1.37 bits per heavy atom. The van der Waals surface area contributed by atoms with Crippen molar-refractivity contribution < 1.29 is 9.90 Å². The van der Waals surface area contributed by atoms with Crippen LogP contribution in [-0.4, -0.2) is 30.2 Å². The molecule has 0 aromatic heterocycles. The van der Waals surface area contributed by atoms with E-state index < -0.39 is 0 Å². The maximum absolute atomic E-state index is 11.7. The van der Waals surface area contributed by atoms with Crippen LogP contribution in [0, 0.1) is 0 Å².